The molecule has 0 saturated carbocycles. The molecule has 0 aliphatic carbocycles. The first-order valence-electron chi connectivity index (χ1n) is 8.03. The predicted molar refractivity (Wildman–Crippen MR) is 107 cm³/mol. The van der Waals surface area contributed by atoms with Gasteiger partial charge in [-0.3, -0.25) is 19.3 Å². The van der Waals surface area contributed by atoms with Crippen LogP contribution in [0.2, 0.25) is 0 Å². The van der Waals surface area contributed by atoms with Gasteiger partial charge in [0.05, 0.1) is 10.5 Å². The Bertz CT molecular complexity index is 945. The largest absolute Gasteiger partial charge is 0.507 e. The third-order valence-corrected chi connectivity index (χ3v) is 5.19. The number of para-hydroxylation sites is 1. The van der Waals surface area contributed by atoms with E-state index in [4.69, 9.17) is 0 Å². The van der Waals surface area contributed by atoms with E-state index in [0.29, 0.717) is 4.91 Å². The molecule has 0 unspecified atom stereocenters. The van der Waals surface area contributed by atoms with Gasteiger partial charge in [0.25, 0.3) is 17.1 Å². The van der Waals surface area contributed by atoms with E-state index in [2.05, 4.69) is 21.2 Å². The fourth-order valence-electron chi connectivity index (χ4n) is 2.48. The quantitative estimate of drug-likeness (QED) is 0.684. The molecule has 6 nitrogen and oxygen atoms in total. The fourth-order valence-corrected chi connectivity index (χ4v) is 3.76. The molecule has 3 rings (SSSR count). The van der Waals surface area contributed by atoms with Gasteiger partial charge in [-0.05, 0) is 47.7 Å². The molecule has 0 aromatic heterocycles. The van der Waals surface area contributed by atoms with E-state index in [1.807, 2.05) is 24.3 Å². The summed E-state index contributed by atoms with van der Waals surface area (Å²) < 4.78 is 0.877. The third-order valence-electron chi connectivity index (χ3n) is 3.79. The molecule has 0 atom stereocenters. The number of hydrogen-bond acceptors (Lipinski definition) is 5. The molecule has 1 aliphatic rings. The number of hydrogen-bond donors (Lipinski definition) is 2. The number of phenolic OH excluding ortho intramolecular Hbond substituents is 1. The topological polar surface area (TPSA) is 86.7 Å². The van der Waals surface area contributed by atoms with Crippen molar-refractivity contribution in [2.75, 3.05) is 13.1 Å². The second-order valence-corrected chi connectivity index (χ2v) is 7.57. The molecule has 2 N–H and O–H groups in total. The lowest BCUT2D eigenvalue weighted by molar-refractivity contribution is -0.122. The van der Waals surface area contributed by atoms with E-state index in [9.17, 15) is 19.5 Å². The SMILES string of the molecule is O=C(NCCN1C(=O)S/C(=C/c2cccc(Br)c2)C1=O)c1ccccc1O. The van der Waals surface area contributed by atoms with Crippen molar-refractivity contribution in [3.63, 3.8) is 0 Å². The second kappa shape index (κ2) is 8.41. The minimum absolute atomic E-state index is 0.0554. The molecule has 8 heteroatoms. The van der Waals surface area contributed by atoms with Crippen LogP contribution in [0.25, 0.3) is 6.08 Å². The van der Waals surface area contributed by atoms with Gasteiger partial charge in [-0.1, -0.05) is 40.2 Å². The minimum atomic E-state index is -0.468. The number of rotatable bonds is 5. The Labute approximate surface area is 168 Å². The number of aromatic hydroxyl groups is 1. The summed E-state index contributed by atoms with van der Waals surface area (Å²) >= 11 is 4.24. The molecule has 0 spiro atoms. The zero-order valence-corrected chi connectivity index (χ0v) is 16.4. The van der Waals surface area contributed by atoms with Crippen LogP contribution in [0.3, 0.4) is 0 Å². The molecule has 3 amide bonds. The van der Waals surface area contributed by atoms with Crippen molar-refractivity contribution in [2.24, 2.45) is 0 Å². The van der Waals surface area contributed by atoms with Crippen molar-refractivity contribution >= 4 is 50.8 Å². The summed E-state index contributed by atoms with van der Waals surface area (Å²) in [7, 11) is 0. The van der Waals surface area contributed by atoms with Crippen molar-refractivity contribution < 1.29 is 19.5 Å². The number of imide groups is 1. The summed E-state index contributed by atoms with van der Waals surface area (Å²) in [6.45, 7) is 0.148. The number of nitrogens with one attached hydrogen (secondary N) is 1. The third kappa shape index (κ3) is 4.58. The van der Waals surface area contributed by atoms with E-state index >= 15 is 0 Å². The number of thioether (sulfide) groups is 1. The average molecular weight is 447 g/mol. The normalized spacial score (nSPS) is 15.4. The maximum atomic E-state index is 12.5. The number of carbonyl (C=O) groups excluding carboxylic acids is 3. The molecule has 1 fully saturated rings. The minimum Gasteiger partial charge on any atom is -0.507 e. The zero-order valence-electron chi connectivity index (χ0n) is 14.0. The van der Waals surface area contributed by atoms with Gasteiger partial charge in [0.1, 0.15) is 5.75 Å². The first kappa shape index (κ1) is 19.2. The predicted octanol–water partition coefficient (Wildman–Crippen LogP) is 3.62. The van der Waals surface area contributed by atoms with Gasteiger partial charge in [-0.15, -0.1) is 0 Å². The highest BCUT2D eigenvalue weighted by atomic mass is 79.9. The maximum Gasteiger partial charge on any atom is 0.293 e. The van der Waals surface area contributed by atoms with Gasteiger partial charge in [0, 0.05) is 17.6 Å². The summed E-state index contributed by atoms with van der Waals surface area (Å²) in [5, 5.41) is 11.9. The van der Waals surface area contributed by atoms with Crippen LogP contribution in [0.15, 0.2) is 57.9 Å². The van der Waals surface area contributed by atoms with Gasteiger partial charge < -0.3 is 10.4 Å². The number of phenols is 1. The molecular formula is C19H15BrN2O4S. The number of benzene rings is 2. The van der Waals surface area contributed by atoms with Crippen LogP contribution in [-0.2, 0) is 4.79 Å². The van der Waals surface area contributed by atoms with E-state index < -0.39 is 5.91 Å². The second-order valence-electron chi connectivity index (χ2n) is 5.66. The number of carbonyl (C=O) groups is 3. The van der Waals surface area contributed by atoms with Crippen LogP contribution in [-0.4, -0.2) is 40.1 Å². The Balaban J connectivity index is 1.61. The highest BCUT2D eigenvalue weighted by Crippen LogP contribution is 2.32. The molecule has 2 aromatic rings. The molecule has 0 radical (unpaired) electrons. The summed E-state index contributed by atoms with van der Waals surface area (Å²) in [5.74, 6) is -0.982. The Morgan fingerprint density at radius 2 is 1.96 bits per heavy atom. The van der Waals surface area contributed by atoms with Crippen LogP contribution in [0.5, 0.6) is 5.75 Å². The zero-order chi connectivity index (χ0) is 19.4. The van der Waals surface area contributed by atoms with Crippen LogP contribution in [0, 0.1) is 0 Å². The first-order chi connectivity index (χ1) is 13.0. The Morgan fingerprint density at radius 3 is 2.70 bits per heavy atom. The molecule has 27 heavy (non-hydrogen) atoms. The number of amides is 3. The van der Waals surface area contributed by atoms with Crippen molar-refractivity contribution in [3.8, 4) is 5.75 Å². The highest BCUT2D eigenvalue weighted by molar-refractivity contribution is 9.10. The highest BCUT2D eigenvalue weighted by Gasteiger charge is 2.34. The van der Waals surface area contributed by atoms with Crippen molar-refractivity contribution in [1.29, 1.82) is 0 Å². The van der Waals surface area contributed by atoms with E-state index in [1.54, 1.807) is 18.2 Å². The molecule has 1 heterocycles. The van der Waals surface area contributed by atoms with E-state index in [-0.39, 0.29) is 35.5 Å². The van der Waals surface area contributed by atoms with Gasteiger partial charge in [0.2, 0.25) is 0 Å². The van der Waals surface area contributed by atoms with Gasteiger partial charge in [0.15, 0.2) is 0 Å². The van der Waals surface area contributed by atoms with Gasteiger partial charge in [-0.25, -0.2) is 0 Å². The lowest BCUT2D eigenvalue weighted by Crippen LogP contribution is -2.37. The molecule has 1 aliphatic heterocycles. The first-order valence-corrected chi connectivity index (χ1v) is 9.64. The Kier molecular flexibility index (Phi) is 5.98. The van der Waals surface area contributed by atoms with Crippen molar-refractivity contribution in [3.05, 3.63) is 69.0 Å². The molecule has 1 saturated heterocycles. The lowest BCUT2D eigenvalue weighted by Gasteiger charge is -2.13. The summed E-state index contributed by atoms with van der Waals surface area (Å²) in [4.78, 5) is 38.1. The molecule has 2 aromatic carbocycles. The standard InChI is InChI=1S/C19H15BrN2O4S/c20-13-5-3-4-12(10-13)11-16-18(25)22(19(26)27-16)9-8-21-17(24)14-6-1-2-7-15(14)23/h1-7,10-11,23H,8-9H2,(H,21,24)/b16-11+. The molecule has 0 bridgehead atoms. The van der Waals surface area contributed by atoms with E-state index in [0.717, 1.165) is 26.7 Å². The average Bonchev–Trinajstić information content (AvgIpc) is 2.89. The Hall–Kier alpha value is -2.58. The van der Waals surface area contributed by atoms with Crippen LogP contribution >= 0.6 is 27.7 Å². The van der Waals surface area contributed by atoms with Crippen LogP contribution < -0.4 is 5.32 Å². The molecular weight excluding hydrogens is 432 g/mol. The van der Waals surface area contributed by atoms with Crippen molar-refractivity contribution in [2.45, 2.75) is 0 Å². The van der Waals surface area contributed by atoms with E-state index in [1.165, 1.54) is 12.1 Å². The smallest absolute Gasteiger partial charge is 0.293 e. The Morgan fingerprint density at radius 1 is 1.19 bits per heavy atom. The summed E-state index contributed by atoms with van der Waals surface area (Å²) in [6, 6.07) is 13.6. The van der Waals surface area contributed by atoms with Crippen LogP contribution in [0.4, 0.5) is 4.79 Å². The van der Waals surface area contributed by atoms with Crippen LogP contribution in [0.1, 0.15) is 15.9 Å². The monoisotopic (exact) mass is 446 g/mol. The maximum absolute atomic E-state index is 12.5. The summed E-state index contributed by atoms with van der Waals surface area (Å²) in [6.07, 6.45) is 1.66. The fraction of sp³-hybridized carbons (Fsp3) is 0.105. The lowest BCUT2D eigenvalue weighted by atomic mass is 10.2. The van der Waals surface area contributed by atoms with Gasteiger partial charge in [-0.2, -0.15) is 0 Å². The molecule has 138 valence electrons. The van der Waals surface area contributed by atoms with Gasteiger partial charge >= 0.3 is 0 Å². The number of halogens is 1. The van der Waals surface area contributed by atoms with Crippen molar-refractivity contribution in [1.82, 2.24) is 10.2 Å². The summed E-state index contributed by atoms with van der Waals surface area (Å²) in [5.41, 5.74) is 0.948. The number of nitrogens with zero attached hydrogens (tertiary/aromatic N) is 1.